The molecule has 1 N–H and O–H groups in total. The second kappa shape index (κ2) is 5.61. The van der Waals surface area contributed by atoms with Crippen molar-refractivity contribution >= 4 is 10.8 Å². The standard InChI is InChI=1S/C17H25NOS/c1-4-8-18-17-11(2)12(3)20(19)16-10-14-7-5-6-13(14)9-15(16)17/h9-12,17-18H,4-8H2,1-3H3. The average molecular weight is 291 g/mol. The first-order valence-electron chi connectivity index (χ1n) is 7.93. The Morgan fingerprint density at radius 2 is 1.95 bits per heavy atom. The maximum Gasteiger partial charge on any atom is 0.0564 e. The smallest absolute Gasteiger partial charge is 0.0564 e. The van der Waals surface area contributed by atoms with Crippen LogP contribution in [-0.2, 0) is 23.6 Å². The van der Waals surface area contributed by atoms with Crippen LogP contribution >= 0.6 is 0 Å². The maximum atomic E-state index is 12.7. The highest BCUT2D eigenvalue weighted by Crippen LogP contribution is 2.40. The summed E-state index contributed by atoms with van der Waals surface area (Å²) in [6.45, 7) is 7.61. The van der Waals surface area contributed by atoms with Gasteiger partial charge in [0.05, 0.1) is 10.8 Å². The Labute approximate surface area is 124 Å². The monoisotopic (exact) mass is 291 g/mol. The van der Waals surface area contributed by atoms with Crippen molar-refractivity contribution in [3.63, 3.8) is 0 Å². The van der Waals surface area contributed by atoms with E-state index in [0.717, 1.165) is 24.3 Å². The first-order chi connectivity index (χ1) is 9.63. The van der Waals surface area contributed by atoms with Gasteiger partial charge in [0.25, 0.3) is 0 Å². The van der Waals surface area contributed by atoms with Gasteiger partial charge in [0.2, 0.25) is 0 Å². The van der Waals surface area contributed by atoms with E-state index in [2.05, 4.69) is 38.2 Å². The molecular formula is C17H25NOS. The predicted octanol–water partition coefficient (Wildman–Crippen LogP) is 3.36. The maximum absolute atomic E-state index is 12.7. The molecule has 0 aromatic heterocycles. The molecule has 0 spiro atoms. The van der Waals surface area contributed by atoms with E-state index in [1.165, 1.54) is 29.5 Å². The summed E-state index contributed by atoms with van der Waals surface area (Å²) in [7, 11) is -0.849. The molecule has 110 valence electrons. The zero-order valence-corrected chi connectivity index (χ0v) is 13.6. The van der Waals surface area contributed by atoms with Crippen LogP contribution in [0.2, 0.25) is 0 Å². The van der Waals surface area contributed by atoms with Gasteiger partial charge >= 0.3 is 0 Å². The minimum atomic E-state index is -0.849. The SMILES string of the molecule is CCCNC1c2cc3c(cc2S(=O)C(C)C1C)CCC3. The summed E-state index contributed by atoms with van der Waals surface area (Å²) in [4.78, 5) is 1.10. The van der Waals surface area contributed by atoms with E-state index in [-0.39, 0.29) is 5.25 Å². The number of hydrogen-bond acceptors (Lipinski definition) is 2. The van der Waals surface area contributed by atoms with Gasteiger partial charge in [-0.05, 0) is 60.9 Å². The van der Waals surface area contributed by atoms with E-state index in [1.807, 2.05) is 0 Å². The van der Waals surface area contributed by atoms with Crippen LogP contribution in [0.3, 0.4) is 0 Å². The molecule has 4 atom stereocenters. The number of aryl methyl sites for hydroxylation is 2. The lowest BCUT2D eigenvalue weighted by molar-refractivity contribution is 0.367. The third kappa shape index (κ3) is 2.25. The van der Waals surface area contributed by atoms with Gasteiger partial charge in [0, 0.05) is 16.2 Å². The normalized spacial score (nSPS) is 31.9. The van der Waals surface area contributed by atoms with Crippen LogP contribution in [0.5, 0.6) is 0 Å². The number of benzene rings is 1. The van der Waals surface area contributed by atoms with Crippen LogP contribution in [0.4, 0.5) is 0 Å². The fourth-order valence-electron chi connectivity index (χ4n) is 3.58. The Kier molecular flexibility index (Phi) is 4.00. The molecule has 1 aliphatic heterocycles. The van der Waals surface area contributed by atoms with Crippen molar-refractivity contribution in [3.05, 3.63) is 28.8 Å². The first-order valence-corrected chi connectivity index (χ1v) is 9.14. The van der Waals surface area contributed by atoms with E-state index in [1.54, 1.807) is 0 Å². The molecule has 3 heteroatoms. The van der Waals surface area contributed by atoms with E-state index in [4.69, 9.17) is 0 Å². The molecular weight excluding hydrogens is 266 g/mol. The number of fused-ring (bicyclic) bond motifs is 2. The molecule has 1 aliphatic carbocycles. The molecule has 1 heterocycles. The zero-order valence-electron chi connectivity index (χ0n) is 12.7. The quantitative estimate of drug-likeness (QED) is 0.925. The summed E-state index contributed by atoms with van der Waals surface area (Å²) >= 11 is 0. The topological polar surface area (TPSA) is 29.1 Å². The summed E-state index contributed by atoms with van der Waals surface area (Å²) in [6.07, 6.45) is 4.75. The molecule has 0 bridgehead atoms. The molecule has 4 unspecified atom stereocenters. The molecule has 1 aromatic carbocycles. The van der Waals surface area contributed by atoms with Gasteiger partial charge in [-0.25, -0.2) is 0 Å². The van der Waals surface area contributed by atoms with Crippen LogP contribution in [0, 0.1) is 5.92 Å². The molecule has 0 saturated heterocycles. The summed E-state index contributed by atoms with van der Waals surface area (Å²) < 4.78 is 12.7. The Morgan fingerprint density at radius 3 is 2.65 bits per heavy atom. The largest absolute Gasteiger partial charge is 0.310 e. The molecule has 3 rings (SSSR count). The second-order valence-electron chi connectivity index (χ2n) is 6.31. The van der Waals surface area contributed by atoms with Crippen molar-refractivity contribution < 1.29 is 4.21 Å². The van der Waals surface area contributed by atoms with Gasteiger partial charge in [0.15, 0.2) is 0 Å². The van der Waals surface area contributed by atoms with Crippen molar-refractivity contribution in [1.29, 1.82) is 0 Å². The van der Waals surface area contributed by atoms with Gasteiger partial charge in [-0.2, -0.15) is 0 Å². The minimum absolute atomic E-state index is 0.233. The Morgan fingerprint density at radius 1 is 1.25 bits per heavy atom. The van der Waals surface area contributed by atoms with Crippen LogP contribution in [-0.4, -0.2) is 16.0 Å². The Hall–Kier alpha value is -0.670. The van der Waals surface area contributed by atoms with Crippen LogP contribution in [0.1, 0.15) is 56.3 Å². The fraction of sp³-hybridized carbons (Fsp3) is 0.647. The number of hydrogen-bond donors (Lipinski definition) is 1. The van der Waals surface area contributed by atoms with Crippen molar-refractivity contribution in [1.82, 2.24) is 5.32 Å². The summed E-state index contributed by atoms with van der Waals surface area (Å²) in [5.41, 5.74) is 4.24. The number of nitrogens with one attached hydrogen (secondary N) is 1. The van der Waals surface area contributed by atoms with Crippen LogP contribution < -0.4 is 5.32 Å². The molecule has 20 heavy (non-hydrogen) atoms. The Bertz CT molecular complexity index is 540. The minimum Gasteiger partial charge on any atom is -0.310 e. The highest BCUT2D eigenvalue weighted by atomic mass is 32.2. The molecule has 0 amide bonds. The van der Waals surface area contributed by atoms with Gasteiger partial charge < -0.3 is 5.32 Å². The van der Waals surface area contributed by atoms with Crippen LogP contribution in [0.15, 0.2) is 17.0 Å². The molecule has 0 radical (unpaired) electrons. The van der Waals surface area contributed by atoms with Crippen molar-refractivity contribution in [2.45, 2.75) is 62.6 Å². The fourth-order valence-corrected chi connectivity index (χ4v) is 5.21. The van der Waals surface area contributed by atoms with E-state index in [9.17, 15) is 4.21 Å². The highest BCUT2D eigenvalue weighted by Gasteiger charge is 2.37. The molecule has 0 saturated carbocycles. The Balaban J connectivity index is 2.06. The molecule has 2 nitrogen and oxygen atoms in total. The molecule has 0 fully saturated rings. The second-order valence-corrected chi connectivity index (χ2v) is 8.08. The summed E-state index contributed by atoms with van der Waals surface area (Å²) in [5, 5.41) is 3.92. The van der Waals surface area contributed by atoms with E-state index >= 15 is 0 Å². The predicted molar refractivity (Wildman–Crippen MR) is 84.5 cm³/mol. The van der Waals surface area contributed by atoms with Crippen LogP contribution in [0.25, 0.3) is 0 Å². The van der Waals surface area contributed by atoms with E-state index in [0.29, 0.717) is 12.0 Å². The summed E-state index contributed by atoms with van der Waals surface area (Å²) in [6, 6.07) is 4.96. The molecule has 1 aromatic rings. The van der Waals surface area contributed by atoms with E-state index < -0.39 is 10.8 Å². The summed E-state index contributed by atoms with van der Waals surface area (Å²) in [5.74, 6) is 0.425. The lowest BCUT2D eigenvalue weighted by Gasteiger charge is -2.36. The average Bonchev–Trinajstić information content (AvgIpc) is 2.91. The third-order valence-corrected chi connectivity index (χ3v) is 6.89. The zero-order chi connectivity index (χ0) is 14.3. The van der Waals surface area contributed by atoms with Gasteiger partial charge in [-0.1, -0.05) is 26.8 Å². The van der Waals surface area contributed by atoms with Gasteiger partial charge in [-0.15, -0.1) is 0 Å². The van der Waals surface area contributed by atoms with Gasteiger partial charge in [-0.3, -0.25) is 4.21 Å². The number of rotatable bonds is 3. The highest BCUT2D eigenvalue weighted by molar-refractivity contribution is 7.85. The lowest BCUT2D eigenvalue weighted by Crippen LogP contribution is -2.39. The van der Waals surface area contributed by atoms with Crippen molar-refractivity contribution in [2.75, 3.05) is 6.54 Å². The first kappa shape index (κ1) is 14.3. The van der Waals surface area contributed by atoms with Crippen molar-refractivity contribution in [3.8, 4) is 0 Å². The molecule has 2 aliphatic rings. The van der Waals surface area contributed by atoms with Crippen molar-refractivity contribution in [2.24, 2.45) is 5.92 Å². The lowest BCUT2D eigenvalue weighted by atomic mass is 9.89. The third-order valence-electron chi connectivity index (χ3n) is 4.99. The van der Waals surface area contributed by atoms with Gasteiger partial charge in [0.1, 0.15) is 0 Å².